The highest BCUT2D eigenvalue weighted by molar-refractivity contribution is 6.06. The van der Waals surface area contributed by atoms with Crippen molar-refractivity contribution < 1.29 is 14.7 Å². The summed E-state index contributed by atoms with van der Waals surface area (Å²) in [7, 11) is 0. The standard InChI is InChI=1S/C19H17N3O3/c1-13-3-2-4-17(9-13)22-18(23)16(10-20)12-21-11-14-5-7-15(8-6-14)19(24)25/h2-9,12,21H,11H2,1H3,(H,22,23)(H,24,25)/b16-12-. The summed E-state index contributed by atoms with van der Waals surface area (Å²) in [5.74, 6) is -1.49. The molecule has 126 valence electrons. The molecule has 0 spiro atoms. The number of nitrogens with zero attached hydrogens (tertiary/aromatic N) is 1. The maximum atomic E-state index is 12.1. The van der Waals surface area contributed by atoms with Crippen molar-refractivity contribution in [3.63, 3.8) is 0 Å². The van der Waals surface area contributed by atoms with Gasteiger partial charge in [0, 0.05) is 18.4 Å². The SMILES string of the molecule is Cc1cccc(NC(=O)/C(C#N)=C\NCc2ccc(C(=O)O)cc2)c1. The number of carboxylic acid groups (broad SMARTS) is 1. The largest absolute Gasteiger partial charge is 0.478 e. The Morgan fingerprint density at radius 3 is 2.52 bits per heavy atom. The fourth-order valence-electron chi connectivity index (χ4n) is 2.11. The van der Waals surface area contributed by atoms with Gasteiger partial charge in [0.1, 0.15) is 11.6 Å². The van der Waals surface area contributed by atoms with Crippen LogP contribution in [-0.2, 0) is 11.3 Å². The van der Waals surface area contributed by atoms with Crippen LogP contribution in [0.25, 0.3) is 0 Å². The van der Waals surface area contributed by atoms with Gasteiger partial charge in [-0.25, -0.2) is 4.79 Å². The third-order valence-corrected chi connectivity index (χ3v) is 3.39. The second kappa shape index (κ2) is 8.31. The van der Waals surface area contributed by atoms with Gasteiger partial charge in [-0.1, -0.05) is 24.3 Å². The molecule has 2 rings (SSSR count). The van der Waals surface area contributed by atoms with Crippen LogP contribution in [0, 0.1) is 18.3 Å². The molecule has 3 N–H and O–H groups in total. The number of benzene rings is 2. The zero-order chi connectivity index (χ0) is 18.2. The summed E-state index contributed by atoms with van der Waals surface area (Å²) < 4.78 is 0. The lowest BCUT2D eigenvalue weighted by atomic mass is 10.1. The lowest BCUT2D eigenvalue weighted by molar-refractivity contribution is -0.112. The number of aryl methyl sites for hydroxylation is 1. The number of nitrogens with one attached hydrogen (secondary N) is 2. The minimum absolute atomic E-state index is 0.0522. The first kappa shape index (κ1) is 17.8. The molecule has 2 aromatic rings. The summed E-state index contributed by atoms with van der Waals surface area (Å²) in [5.41, 5.74) is 2.61. The number of carbonyl (C=O) groups excluding carboxylic acids is 1. The summed E-state index contributed by atoms with van der Waals surface area (Å²) in [5, 5.41) is 23.5. The predicted octanol–water partition coefficient (Wildman–Crippen LogP) is 2.83. The zero-order valence-electron chi connectivity index (χ0n) is 13.6. The van der Waals surface area contributed by atoms with Crippen LogP contribution in [0.5, 0.6) is 0 Å². The van der Waals surface area contributed by atoms with Gasteiger partial charge >= 0.3 is 5.97 Å². The lowest BCUT2D eigenvalue weighted by Gasteiger charge is -2.06. The Bertz CT molecular complexity index is 849. The second-order valence-corrected chi connectivity index (χ2v) is 5.38. The van der Waals surface area contributed by atoms with Crippen molar-refractivity contribution in [1.82, 2.24) is 5.32 Å². The highest BCUT2D eigenvalue weighted by Gasteiger charge is 2.09. The van der Waals surface area contributed by atoms with Crippen molar-refractivity contribution in [2.75, 3.05) is 5.32 Å². The molecule has 0 radical (unpaired) electrons. The van der Waals surface area contributed by atoms with Gasteiger partial charge in [0.05, 0.1) is 5.56 Å². The third-order valence-electron chi connectivity index (χ3n) is 3.39. The predicted molar refractivity (Wildman–Crippen MR) is 93.7 cm³/mol. The monoisotopic (exact) mass is 335 g/mol. The molecule has 25 heavy (non-hydrogen) atoms. The van der Waals surface area contributed by atoms with Crippen molar-refractivity contribution in [3.05, 3.63) is 77.0 Å². The molecular formula is C19H17N3O3. The Hall–Kier alpha value is -3.59. The van der Waals surface area contributed by atoms with E-state index in [1.807, 2.05) is 31.2 Å². The summed E-state index contributed by atoms with van der Waals surface area (Å²) >= 11 is 0. The summed E-state index contributed by atoms with van der Waals surface area (Å²) in [6.07, 6.45) is 1.34. The number of hydrogen-bond donors (Lipinski definition) is 3. The molecule has 0 fully saturated rings. The van der Waals surface area contributed by atoms with Gasteiger partial charge in [0.2, 0.25) is 0 Å². The van der Waals surface area contributed by atoms with Gasteiger partial charge in [0.15, 0.2) is 0 Å². The molecule has 0 aliphatic heterocycles. The second-order valence-electron chi connectivity index (χ2n) is 5.38. The Kier molecular flexibility index (Phi) is 5.91. The quantitative estimate of drug-likeness (QED) is 0.556. The molecule has 6 heteroatoms. The van der Waals surface area contributed by atoms with Gasteiger partial charge in [0.25, 0.3) is 5.91 Å². The smallest absolute Gasteiger partial charge is 0.335 e. The number of aromatic carboxylic acids is 1. The number of nitriles is 1. The molecular weight excluding hydrogens is 318 g/mol. The van der Waals surface area contributed by atoms with Crippen LogP contribution in [0.4, 0.5) is 5.69 Å². The molecule has 0 aliphatic rings. The van der Waals surface area contributed by atoms with E-state index in [4.69, 9.17) is 10.4 Å². The van der Waals surface area contributed by atoms with Crippen molar-refractivity contribution >= 4 is 17.6 Å². The molecule has 0 heterocycles. The maximum absolute atomic E-state index is 12.1. The van der Waals surface area contributed by atoms with E-state index in [0.717, 1.165) is 11.1 Å². The minimum atomic E-state index is -0.987. The van der Waals surface area contributed by atoms with E-state index < -0.39 is 11.9 Å². The molecule has 1 amide bonds. The van der Waals surface area contributed by atoms with Crippen LogP contribution in [-0.4, -0.2) is 17.0 Å². The van der Waals surface area contributed by atoms with E-state index in [1.165, 1.54) is 18.3 Å². The van der Waals surface area contributed by atoms with Gasteiger partial charge < -0.3 is 15.7 Å². The molecule has 0 unspecified atom stereocenters. The van der Waals surface area contributed by atoms with Crippen LogP contribution in [0.1, 0.15) is 21.5 Å². The fourth-order valence-corrected chi connectivity index (χ4v) is 2.11. The number of rotatable bonds is 6. The first-order chi connectivity index (χ1) is 12.0. The molecule has 2 aromatic carbocycles. The summed E-state index contributed by atoms with van der Waals surface area (Å²) in [6.45, 7) is 2.27. The summed E-state index contributed by atoms with van der Waals surface area (Å²) in [4.78, 5) is 22.9. The molecule has 0 saturated heterocycles. The first-order valence-electron chi connectivity index (χ1n) is 7.53. The Balaban J connectivity index is 1.96. The van der Waals surface area contributed by atoms with Crippen LogP contribution in [0.3, 0.4) is 0 Å². The first-order valence-corrected chi connectivity index (χ1v) is 7.53. The normalized spacial score (nSPS) is 10.6. The van der Waals surface area contributed by atoms with E-state index in [1.54, 1.807) is 18.2 Å². The van der Waals surface area contributed by atoms with Crippen LogP contribution in [0.15, 0.2) is 60.3 Å². The molecule has 0 atom stereocenters. The topological polar surface area (TPSA) is 102 Å². The number of anilines is 1. The molecule has 6 nitrogen and oxygen atoms in total. The number of carbonyl (C=O) groups is 2. The van der Waals surface area contributed by atoms with Crippen molar-refractivity contribution in [2.45, 2.75) is 13.5 Å². The van der Waals surface area contributed by atoms with Crippen molar-refractivity contribution in [2.24, 2.45) is 0 Å². The Morgan fingerprint density at radius 1 is 1.20 bits per heavy atom. The summed E-state index contributed by atoms with van der Waals surface area (Å²) in [6, 6.07) is 15.5. The maximum Gasteiger partial charge on any atom is 0.335 e. The van der Waals surface area contributed by atoms with Gasteiger partial charge in [-0.05, 0) is 42.3 Å². The lowest BCUT2D eigenvalue weighted by Crippen LogP contribution is -2.16. The van der Waals surface area contributed by atoms with E-state index in [2.05, 4.69) is 10.6 Å². The van der Waals surface area contributed by atoms with Crippen LogP contribution < -0.4 is 10.6 Å². The Labute approximate surface area is 145 Å². The Morgan fingerprint density at radius 2 is 1.92 bits per heavy atom. The highest BCUT2D eigenvalue weighted by Crippen LogP contribution is 2.11. The van der Waals surface area contributed by atoms with Crippen LogP contribution in [0.2, 0.25) is 0 Å². The minimum Gasteiger partial charge on any atom is -0.478 e. The van der Waals surface area contributed by atoms with E-state index in [0.29, 0.717) is 12.2 Å². The zero-order valence-corrected chi connectivity index (χ0v) is 13.6. The van der Waals surface area contributed by atoms with Crippen molar-refractivity contribution in [3.8, 4) is 6.07 Å². The number of carboxylic acids is 1. The van der Waals surface area contributed by atoms with E-state index in [-0.39, 0.29) is 11.1 Å². The molecule has 0 bridgehead atoms. The van der Waals surface area contributed by atoms with Gasteiger partial charge in [-0.3, -0.25) is 4.79 Å². The average Bonchev–Trinajstić information content (AvgIpc) is 2.59. The average molecular weight is 335 g/mol. The van der Waals surface area contributed by atoms with E-state index in [9.17, 15) is 9.59 Å². The van der Waals surface area contributed by atoms with Gasteiger partial charge in [-0.15, -0.1) is 0 Å². The number of amides is 1. The molecule has 0 aromatic heterocycles. The molecule has 0 saturated carbocycles. The third kappa shape index (κ3) is 5.22. The fraction of sp³-hybridized carbons (Fsp3) is 0.105. The van der Waals surface area contributed by atoms with E-state index >= 15 is 0 Å². The van der Waals surface area contributed by atoms with Gasteiger partial charge in [-0.2, -0.15) is 5.26 Å². The van der Waals surface area contributed by atoms with Crippen molar-refractivity contribution in [1.29, 1.82) is 5.26 Å². The van der Waals surface area contributed by atoms with Crippen LogP contribution >= 0.6 is 0 Å². The number of hydrogen-bond acceptors (Lipinski definition) is 4. The highest BCUT2D eigenvalue weighted by atomic mass is 16.4. The molecule has 0 aliphatic carbocycles.